The van der Waals surface area contributed by atoms with Crippen molar-refractivity contribution in [1.29, 1.82) is 0 Å². The number of hydrogen-bond donors (Lipinski definition) is 1. The zero-order valence-electron chi connectivity index (χ0n) is 13.3. The maximum absolute atomic E-state index is 10.2. The molecule has 2 rings (SSSR count). The van der Waals surface area contributed by atoms with Gasteiger partial charge in [0.1, 0.15) is 0 Å². The number of aryl methyl sites for hydroxylation is 4. The monoisotopic (exact) mass is 410 g/mol. The number of methoxy groups -OCH3 is 1. The molecule has 1 N–H and O–H groups in total. The molecule has 109 valence electrons. The van der Waals surface area contributed by atoms with Crippen molar-refractivity contribution in [2.24, 2.45) is 0 Å². The third-order valence-corrected chi connectivity index (χ3v) is 3.44. The number of benzene rings is 2. The zero-order chi connectivity index (χ0) is 14.9. The van der Waals surface area contributed by atoms with E-state index in [4.69, 9.17) is 4.74 Å². The summed E-state index contributed by atoms with van der Waals surface area (Å²) in [6, 6.07) is 8.13. The van der Waals surface area contributed by atoms with Crippen molar-refractivity contribution >= 4 is 0 Å². The van der Waals surface area contributed by atoms with Gasteiger partial charge in [-0.3, -0.25) is 0 Å². The number of hydrogen-bond acceptors (Lipinski definition) is 2. The van der Waals surface area contributed by atoms with Gasteiger partial charge in [-0.05, 0) is 38.8 Å². The van der Waals surface area contributed by atoms with E-state index in [0.717, 1.165) is 33.6 Å². The van der Waals surface area contributed by atoms with Crippen molar-refractivity contribution in [3.63, 3.8) is 0 Å². The fourth-order valence-electron chi connectivity index (χ4n) is 2.64. The molecule has 3 heteroatoms. The molecular weight excluding hydrogens is 389 g/mol. The molecule has 2 nitrogen and oxygen atoms in total. The molecule has 0 saturated carbocycles. The van der Waals surface area contributed by atoms with Gasteiger partial charge in [-0.1, -0.05) is 34.4 Å². The van der Waals surface area contributed by atoms with Gasteiger partial charge in [0.05, 0.1) is 18.6 Å². The number of rotatable bonds is 3. The third kappa shape index (κ3) is 4.14. The fraction of sp³-hybridized carbons (Fsp3) is 0.278. The Kier molecular flexibility index (Phi) is 6.55. The number of aromatic hydroxyl groups is 1. The van der Waals surface area contributed by atoms with Crippen LogP contribution >= 0.6 is 0 Å². The van der Waals surface area contributed by atoms with Crippen LogP contribution in [0.5, 0.6) is 11.5 Å². The predicted molar refractivity (Wildman–Crippen MR) is 82.6 cm³/mol. The predicted octanol–water partition coefficient (Wildman–Crippen LogP) is 4.24. The quantitative estimate of drug-likeness (QED) is 0.768. The minimum absolute atomic E-state index is 0. The van der Waals surface area contributed by atoms with Crippen LogP contribution in [-0.4, -0.2) is 12.2 Å². The van der Waals surface area contributed by atoms with Gasteiger partial charge in [0, 0.05) is 41.3 Å². The average Bonchev–Trinajstić information content (AvgIpc) is 2.35. The number of phenolic OH excluding ortho intramolecular Hbond substituents is 1. The zero-order valence-corrected chi connectivity index (χ0v) is 17.0. The van der Waals surface area contributed by atoms with Crippen LogP contribution in [0.25, 0.3) is 0 Å². The van der Waals surface area contributed by atoms with Crippen molar-refractivity contribution in [3.8, 4) is 11.5 Å². The van der Waals surface area contributed by atoms with Gasteiger partial charge in [0.25, 0.3) is 0 Å². The smallest absolute Gasteiger partial charge is 0.0673 e. The second-order valence-corrected chi connectivity index (χ2v) is 5.37. The van der Waals surface area contributed by atoms with Crippen LogP contribution in [0.2, 0.25) is 0 Å². The van der Waals surface area contributed by atoms with Crippen molar-refractivity contribution in [2.75, 3.05) is 7.11 Å². The van der Waals surface area contributed by atoms with Crippen LogP contribution < -0.4 is 4.74 Å². The first-order valence-electron chi connectivity index (χ1n) is 6.72. The summed E-state index contributed by atoms with van der Waals surface area (Å²) in [5.41, 5.74) is 6.12. The van der Waals surface area contributed by atoms with Crippen LogP contribution in [0.3, 0.4) is 0 Å². The SMILES string of the molecule is COc1c(C)cc(C)cc1[CH-]c1cc(C)cc(C)c1O.[Pr]. The fourth-order valence-corrected chi connectivity index (χ4v) is 2.64. The van der Waals surface area contributed by atoms with Gasteiger partial charge < -0.3 is 9.84 Å². The Balaban J connectivity index is 0.00000220. The van der Waals surface area contributed by atoms with Gasteiger partial charge in [0.15, 0.2) is 0 Å². The van der Waals surface area contributed by atoms with Crippen molar-refractivity contribution < 1.29 is 51.1 Å². The molecule has 0 aromatic heterocycles. The Bertz CT molecular complexity index is 648. The van der Waals surface area contributed by atoms with Crippen molar-refractivity contribution in [3.05, 3.63) is 64.1 Å². The molecule has 0 atom stereocenters. The van der Waals surface area contributed by atoms with E-state index in [1.165, 1.54) is 5.56 Å². The van der Waals surface area contributed by atoms with E-state index in [-0.39, 0.29) is 41.3 Å². The summed E-state index contributed by atoms with van der Waals surface area (Å²) in [6.07, 6.45) is 1.98. The van der Waals surface area contributed by atoms with E-state index in [1.807, 2.05) is 39.3 Å². The van der Waals surface area contributed by atoms with Gasteiger partial charge in [0.2, 0.25) is 0 Å². The molecule has 21 heavy (non-hydrogen) atoms. The Labute approximate surface area is 160 Å². The largest absolute Gasteiger partial charge is 0.542 e. The molecule has 2 aromatic rings. The van der Waals surface area contributed by atoms with Crippen LogP contribution in [0.15, 0.2) is 24.3 Å². The average molecular weight is 410 g/mol. The Morgan fingerprint density at radius 1 is 0.857 bits per heavy atom. The van der Waals surface area contributed by atoms with Gasteiger partial charge in [-0.15, -0.1) is 18.6 Å². The molecule has 0 heterocycles. The van der Waals surface area contributed by atoms with E-state index in [0.29, 0.717) is 5.75 Å². The molecule has 0 unspecified atom stereocenters. The molecule has 0 fully saturated rings. The van der Waals surface area contributed by atoms with Crippen LogP contribution in [0.4, 0.5) is 0 Å². The van der Waals surface area contributed by atoms with E-state index in [2.05, 4.69) is 19.1 Å². The topological polar surface area (TPSA) is 29.5 Å². The normalized spacial score (nSPS) is 9.95. The van der Waals surface area contributed by atoms with Crippen LogP contribution in [0, 0.1) is 75.4 Å². The van der Waals surface area contributed by atoms with Gasteiger partial charge in [-0.25, -0.2) is 0 Å². The van der Waals surface area contributed by atoms with E-state index in [9.17, 15) is 5.11 Å². The molecule has 0 aliphatic rings. The Morgan fingerprint density at radius 2 is 1.38 bits per heavy atom. The maximum Gasteiger partial charge on any atom is 0.0673 e. The van der Waals surface area contributed by atoms with Crippen LogP contribution in [-0.2, 0) is 0 Å². The molecule has 1 radical (unpaired) electrons. The van der Waals surface area contributed by atoms with Crippen molar-refractivity contribution in [2.45, 2.75) is 27.7 Å². The molecule has 0 aliphatic heterocycles. The van der Waals surface area contributed by atoms with E-state index >= 15 is 0 Å². The summed E-state index contributed by atoms with van der Waals surface area (Å²) in [4.78, 5) is 0. The first kappa shape index (κ1) is 18.3. The first-order valence-corrected chi connectivity index (χ1v) is 6.72. The molecule has 2 aromatic carbocycles. The summed E-state index contributed by atoms with van der Waals surface area (Å²) in [5.74, 6) is 1.19. The maximum atomic E-state index is 10.2. The van der Waals surface area contributed by atoms with Crippen LogP contribution in [0.1, 0.15) is 33.4 Å². The molecule has 0 saturated heterocycles. The molecule has 0 spiro atoms. The standard InChI is InChI=1S/C18H21O2.Pr/c1-11-6-13(3)17(19)15(8-11)10-16-9-12(2)7-14(4)18(16)20-5;/h6-10,19H,1-5H3;/q-1;. The summed E-state index contributed by atoms with van der Waals surface area (Å²) in [6.45, 7) is 8.04. The van der Waals surface area contributed by atoms with Gasteiger partial charge in [-0.2, -0.15) is 0 Å². The van der Waals surface area contributed by atoms with Gasteiger partial charge >= 0.3 is 0 Å². The minimum atomic E-state index is 0. The minimum Gasteiger partial charge on any atom is -0.542 e. The first-order chi connectivity index (χ1) is 9.42. The number of ether oxygens (including phenoxy) is 1. The summed E-state index contributed by atoms with van der Waals surface area (Å²) < 4.78 is 5.49. The molecule has 0 aliphatic carbocycles. The number of phenols is 1. The van der Waals surface area contributed by atoms with Crippen molar-refractivity contribution in [1.82, 2.24) is 0 Å². The Hall–Kier alpha value is -0.726. The third-order valence-electron chi connectivity index (χ3n) is 3.44. The second kappa shape index (κ2) is 7.51. The second-order valence-electron chi connectivity index (χ2n) is 5.37. The molecule has 0 amide bonds. The van der Waals surface area contributed by atoms with E-state index < -0.39 is 0 Å². The summed E-state index contributed by atoms with van der Waals surface area (Å²) >= 11 is 0. The Morgan fingerprint density at radius 3 is 1.95 bits per heavy atom. The molecule has 0 bridgehead atoms. The summed E-state index contributed by atoms with van der Waals surface area (Å²) in [5, 5.41) is 10.2. The summed E-state index contributed by atoms with van der Waals surface area (Å²) in [7, 11) is 1.68. The molecular formula is C18H21O2Pr-. The van der Waals surface area contributed by atoms with E-state index in [1.54, 1.807) is 7.11 Å².